The van der Waals surface area contributed by atoms with Crippen molar-refractivity contribution in [1.82, 2.24) is 19.9 Å². The summed E-state index contributed by atoms with van der Waals surface area (Å²) in [5.74, 6) is 3.13. The standard InChI is InChI=1S/C24H24N6OS/c1-14-4-3-9-25-22(14)24-27-17-10-20(26-11-18(17)32-24)28-19-5-2-6-21(29-19)30-12-15-7-8-16(13-30)23(15)31/h2-6,9-11,15-16,23,31H,7-8,12-13H2,1H3,(H,26,28,29)/t15-,16+,23+. The number of rotatable bonds is 4. The molecule has 2 bridgehead atoms. The van der Waals surface area contributed by atoms with Crippen molar-refractivity contribution in [3.8, 4) is 10.7 Å². The van der Waals surface area contributed by atoms with Crippen molar-refractivity contribution in [2.75, 3.05) is 23.3 Å². The van der Waals surface area contributed by atoms with Crippen LogP contribution in [0.5, 0.6) is 0 Å². The lowest BCUT2D eigenvalue weighted by molar-refractivity contribution is 0.0791. The van der Waals surface area contributed by atoms with Gasteiger partial charge in [0.05, 0.1) is 16.3 Å². The Hall–Kier alpha value is -3.10. The lowest BCUT2D eigenvalue weighted by Gasteiger charge is -2.36. The smallest absolute Gasteiger partial charge is 0.143 e. The summed E-state index contributed by atoms with van der Waals surface area (Å²) in [7, 11) is 0. The Labute approximate surface area is 190 Å². The Balaban J connectivity index is 1.24. The maximum Gasteiger partial charge on any atom is 0.143 e. The monoisotopic (exact) mass is 444 g/mol. The second kappa shape index (κ2) is 7.79. The van der Waals surface area contributed by atoms with E-state index in [1.807, 2.05) is 49.5 Å². The third kappa shape index (κ3) is 3.49. The molecule has 2 fully saturated rings. The topological polar surface area (TPSA) is 87.1 Å². The van der Waals surface area contributed by atoms with Crippen molar-refractivity contribution >= 4 is 39.0 Å². The number of aryl methyl sites for hydroxylation is 1. The summed E-state index contributed by atoms with van der Waals surface area (Å²) in [6.07, 6.45) is 5.72. The lowest BCUT2D eigenvalue weighted by atomic mass is 9.95. The van der Waals surface area contributed by atoms with Crippen molar-refractivity contribution in [2.24, 2.45) is 11.8 Å². The van der Waals surface area contributed by atoms with Crippen LogP contribution in [0.3, 0.4) is 0 Å². The summed E-state index contributed by atoms with van der Waals surface area (Å²) in [5.41, 5.74) is 2.92. The van der Waals surface area contributed by atoms with Gasteiger partial charge in [-0.25, -0.2) is 15.0 Å². The SMILES string of the molecule is Cc1cccnc1-c1nc2cc(Nc3cccc(N4C[C@H]5CC[C@@H](C4)[C@H]5O)n3)ncc2s1. The van der Waals surface area contributed by atoms with Gasteiger partial charge in [-0.2, -0.15) is 0 Å². The van der Waals surface area contributed by atoms with Crippen LogP contribution in [0, 0.1) is 18.8 Å². The van der Waals surface area contributed by atoms with Gasteiger partial charge in [-0.05, 0) is 43.5 Å². The number of aromatic nitrogens is 4. The molecule has 8 heteroatoms. The van der Waals surface area contributed by atoms with E-state index in [9.17, 15) is 5.11 Å². The molecule has 32 heavy (non-hydrogen) atoms. The first kappa shape index (κ1) is 19.6. The van der Waals surface area contributed by atoms with E-state index in [2.05, 4.69) is 20.2 Å². The molecule has 0 spiro atoms. The van der Waals surface area contributed by atoms with Crippen LogP contribution in [-0.4, -0.2) is 44.2 Å². The van der Waals surface area contributed by atoms with Gasteiger partial charge in [0, 0.05) is 43.4 Å². The molecule has 0 aromatic carbocycles. The van der Waals surface area contributed by atoms with E-state index < -0.39 is 0 Å². The number of nitrogens with one attached hydrogen (secondary N) is 1. The van der Waals surface area contributed by atoms with Crippen molar-refractivity contribution < 1.29 is 5.11 Å². The molecular weight excluding hydrogens is 420 g/mol. The van der Waals surface area contributed by atoms with Crippen LogP contribution in [0.4, 0.5) is 17.5 Å². The second-order valence-electron chi connectivity index (χ2n) is 8.72. The number of hydrogen-bond acceptors (Lipinski definition) is 8. The molecule has 3 atom stereocenters. The third-order valence-electron chi connectivity index (χ3n) is 6.59. The number of aliphatic hydroxyl groups is 1. The number of thiazole rings is 1. The molecule has 0 unspecified atom stereocenters. The molecule has 2 aliphatic rings. The van der Waals surface area contributed by atoms with E-state index in [1.54, 1.807) is 17.5 Å². The molecule has 6 rings (SSSR count). The fourth-order valence-corrected chi connectivity index (χ4v) is 5.87. The summed E-state index contributed by atoms with van der Waals surface area (Å²) in [4.78, 5) is 21.0. The highest BCUT2D eigenvalue weighted by Gasteiger charge is 2.41. The molecular formula is C24H24N6OS. The highest BCUT2D eigenvalue weighted by molar-refractivity contribution is 7.21. The minimum absolute atomic E-state index is 0.152. The summed E-state index contributed by atoms with van der Waals surface area (Å²) in [5, 5.41) is 14.6. The van der Waals surface area contributed by atoms with Crippen LogP contribution in [-0.2, 0) is 0 Å². The van der Waals surface area contributed by atoms with E-state index in [-0.39, 0.29) is 6.10 Å². The van der Waals surface area contributed by atoms with Crippen LogP contribution < -0.4 is 10.2 Å². The van der Waals surface area contributed by atoms with Gasteiger partial charge in [0.25, 0.3) is 0 Å². The first-order valence-electron chi connectivity index (χ1n) is 11.0. The number of piperidine rings is 1. The quantitative estimate of drug-likeness (QED) is 0.482. The Kier molecular flexibility index (Phi) is 4.77. The number of aliphatic hydroxyl groups excluding tert-OH is 1. The molecule has 4 aromatic heterocycles. The average molecular weight is 445 g/mol. The maximum absolute atomic E-state index is 10.3. The predicted octanol–water partition coefficient (Wildman–Crippen LogP) is 4.41. The summed E-state index contributed by atoms with van der Waals surface area (Å²) < 4.78 is 1.03. The van der Waals surface area contributed by atoms with E-state index >= 15 is 0 Å². The van der Waals surface area contributed by atoms with Gasteiger partial charge in [-0.1, -0.05) is 12.1 Å². The molecule has 1 saturated heterocycles. The normalized spacial score (nSPS) is 22.4. The number of hydrogen-bond donors (Lipinski definition) is 2. The molecule has 1 saturated carbocycles. The Morgan fingerprint density at radius 2 is 1.88 bits per heavy atom. The maximum atomic E-state index is 10.3. The molecule has 0 radical (unpaired) electrons. The van der Waals surface area contributed by atoms with Crippen LogP contribution in [0.1, 0.15) is 18.4 Å². The largest absolute Gasteiger partial charge is 0.392 e. The van der Waals surface area contributed by atoms with Gasteiger partial charge in [0.1, 0.15) is 28.2 Å². The van der Waals surface area contributed by atoms with Crippen LogP contribution in [0.25, 0.3) is 20.9 Å². The first-order valence-corrected chi connectivity index (χ1v) is 11.8. The van der Waals surface area contributed by atoms with Crippen molar-refractivity contribution in [3.05, 3.63) is 54.4 Å². The number of pyridine rings is 3. The minimum Gasteiger partial charge on any atom is -0.392 e. The lowest BCUT2D eigenvalue weighted by Crippen LogP contribution is -2.45. The summed E-state index contributed by atoms with van der Waals surface area (Å²) >= 11 is 1.60. The molecule has 1 aliphatic heterocycles. The predicted molar refractivity (Wildman–Crippen MR) is 127 cm³/mol. The van der Waals surface area contributed by atoms with Gasteiger partial charge in [0.2, 0.25) is 0 Å². The highest BCUT2D eigenvalue weighted by Crippen LogP contribution is 2.38. The third-order valence-corrected chi connectivity index (χ3v) is 7.60. The molecule has 5 heterocycles. The average Bonchev–Trinajstić information content (AvgIpc) is 3.28. The zero-order chi connectivity index (χ0) is 21.7. The van der Waals surface area contributed by atoms with E-state index in [4.69, 9.17) is 9.97 Å². The second-order valence-corrected chi connectivity index (χ2v) is 9.75. The first-order chi connectivity index (χ1) is 15.6. The van der Waals surface area contributed by atoms with Crippen molar-refractivity contribution in [2.45, 2.75) is 25.9 Å². The molecule has 0 amide bonds. The van der Waals surface area contributed by atoms with E-state index in [0.29, 0.717) is 17.7 Å². The van der Waals surface area contributed by atoms with Crippen LogP contribution >= 0.6 is 11.3 Å². The number of nitrogens with zero attached hydrogens (tertiary/aromatic N) is 5. The van der Waals surface area contributed by atoms with Crippen molar-refractivity contribution in [1.29, 1.82) is 0 Å². The molecule has 7 nitrogen and oxygen atoms in total. The Bertz CT molecular complexity index is 1280. The van der Waals surface area contributed by atoms with Gasteiger partial charge in [0.15, 0.2) is 0 Å². The fourth-order valence-electron chi connectivity index (χ4n) is 4.89. The van der Waals surface area contributed by atoms with E-state index in [0.717, 1.165) is 64.0 Å². The highest BCUT2D eigenvalue weighted by atomic mass is 32.1. The number of fused-ring (bicyclic) bond motifs is 3. The van der Waals surface area contributed by atoms with Crippen LogP contribution in [0.2, 0.25) is 0 Å². The minimum atomic E-state index is -0.152. The Morgan fingerprint density at radius 3 is 2.69 bits per heavy atom. The molecule has 1 aliphatic carbocycles. The molecule has 4 aromatic rings. The summed E-state index contributed by atoms with van der Waals surface area (Å²) in [6, 6.07) is 12.0. The fraction of sp³-hybridized carbons (Fsp3) is 0.333. The van der Waals surface area contributed by atoms with Crippen molar-refractivity contribution in [3.63, 3.8) is 0 Å². The zero-order valence-corrected chi connectivity index (χ0v) is 18.6. The number of anilines is 3. The van der Waals surface area contributed by atoms with Crippen LogP contribution in [0.15, 0.2) is 48.8 Å². The zero-order valence-electron chi connectivity index (χ0n) is 17.8. The van der Waals surface area contributed by atoms with Gasteiger partial charge < -0.3 is 15.3 Å². The summed E-state index contributed by atoms with van der Waals surface area (Å²) in [6.45, 7) is 3.78. The van der Waals surface area contributed by atoms with Gasteiger partial charge >= 0.3 is 0 Å². The molecule has 2 N–H and O–H groups in total. The van der Waals surface area contributed by atoms with Gasteiger partial charge in [-0.15, -0.1) is 11.3 Å². The Morgan fingerprint density at radius 1 is 1.03 bits per heavy atom. The van der Waals surface area contributed by atoms with E-state index in [1.165, 1.54) is 0 Å². The van der Waals surface area contributed by atoms with Gasteiger partial charge in [-0.3, -0.25) is 4.98 Å². The molecule has 162 valence electrons.